The van der Waals surface area contributed by atoms with E-state index in [4.69, 9.17) is 19.3 Å². The second kappa shape index (κ2) is 8.05. The van der Waals surface area contributed by atoms with E-state index in [1.165, 1.54) is 12.1 Å². The quantitative estimate of drug-likeness (QED) is 0.759. The van der Waals surface area contributed by atoms with Gasteiger partial charge in [0.1, 0.15) is 24.7 Å². The first-order chi connectivity index (χ1) is 10.7. The van der Waals surface area contributed by atoms with Crippen LogP contribution in [0.5, 0.6) is 11.5 Å². The third kappa shape index (κ3) is 4.79. The highest BCUT2D eigenvalue weighted by molar-refractivity contribution is 5.88. The van der Waals surface area contributed by atoms with Gasteiger partial charge in [0.2, 0.25) is 0 Å². The molecule has 0 heterocycles. The fourth-order valence-electron chi connectivity index (χ4n) is 1.85. The maximum Gasteiger partial charge on any atom is 0.335 e. The zero-order chi connectivity index (χ0) is 15.8. The molecule has 0 amide bonds. The van der Waals surface area contributed by atoms with Crippen LogP contribution in [0.25, 0.3) is 0 Å². The largest absolute Gasteiger partial charge is 0.491 e. The summed E-state index contributed by atoms with van der Waals surface area (Å²) in [5.41, 5.74) is 1.13. The molecule has 5 heteroatoms. The van der Waals surface area contributed by atoms with E-state index in [1.807, 2.05) is 30.3 Å². The SMILES string of the molecule is COCCOc1cc(OCc2ccccc2)cc(C(=O)O)c1. The summed E-state index contributed by atoms with van der Waals surface area (Å²) >= 11 is 0. The highest BCUT2D eigenvalue weighted by atomic mass is 16.5. The van der Waals surface area contributed by atoms with Crippen LogP contribution >= 0.6 is 0 Å². The first kappa shape index (κ1) is 15.9. The summed E-state index contributed by atoms with van der Waals surface area (Å²) in [5.74, 6) is -0.127. The van der Waals surface area contributed by atoms with E-state index in [-0.39, 0.29) is 5.56 Å². The molecule has 0 aliphatic carbocycles. The Morgan fingerprint density at radius 2 is 1.68 bits per heavy atom. The van der Waals surface area contributed by atoms with Crippen LogP contribution in [0.3, 0.4) is 0 Å². The summed E-state index contributed by atoms with van der Waals surface area (Å²) in [6.07, 6.45) is 0. The van der Waals surface area contributed by atoms with E-state index >= 15 is 0 Å². The van der Waals surface area contributed by atoms with Crippen LogP contribution < -0.4 is 9.47 Å². The summed E-state index contributed by atoms with van der Waals surface area (Å²) in [6.45, 7) is 1.14. The predicted molar refractivity (Wildman–Crippen MR) is 81.5 cm³/mol. The van der Waals surface area contributed by atoms with E-state index in [2.05, 4.69) is 0 Å². The van der Waals surface area contributed by atoms with Crippen LogP contribution in [-0.4, -0.2) is 31.4 Å². The molecule has 5 nitrogen and oxygen atoms in total. The number of carboxylic acid groups (broad SMARTS) is 1. The Kier molecular flexibility index (Phi) is 5.80. The van der Waals surface area contributed by atoms with Gasteiger partial charge in [0.15, 0.2) is 0 Å². The van der Waals surface area contributed by atoms with Gasteiger partial charge in [-0.05, 0) is 17.7 Å². The van der Waals surface area contributed by atoms with Crippen molar-refractivity contribution in [2.45, 2.75) is 6.61 Å². The van der Waals surface area contributed by atoms with E-state index < -0.39 is 5.97 Å². The number of carboxylic acids is 1. The molecular formula is C17H18O5. The minimum atomic E-state index is -1.03. The van der Waals surface area contributed by atoms with Crippen LogP contribution in [0.1, 0.15) is 15.9 Å². The number of benzene rings is 2. The Morgan fingerprint density at radius 1 is 1.00 bits per heavy atom. The number of ether oxygens (including phenoxy) is 3. The van der Waals surface area contributed by atoms with Crippen LogP contribution in [0.2, 0.25) is 0 Å². The van der Waals surface area contributed by atoms with Gasteiger partial charge >= 0.3 is 5.97 Å². The molecule has 22 heavy (non-hydrogen) atoms. The van der Waals surface area contributed by atoms with Crippen molar-refractivity contribution in [3.05, 3.63) is 59.7 Å². The van der Waals surface area contributed by atoms with Gasteiger partial charge in [-0.25, -0.2) is 4.79 Å². The van der Waals surface area contributed by atoms with Crippen molar-refractivity contribution in [2.24, 2.45) is 0 Å². The van der Waals surface area contributed by atoms with Crippen molar-refractivity contribution in [3.8, 4) is 11.5 Å². The predicted octanol–water partition coefficient (Wildman–Crippen LogP) is 2.99. The Bertz CT molecular complexity index is 610. The summed E-state index contributed by atoms with van der Waals surface area (Å²) < 4.78 is 16.0. The molecule has 0 aliphatic heterocycles. The van der Waals surface area contributed by atoms with Crippen molar-refractivity contribution in [1.82, 2.24) is 0 Å². The number of carbonyl (C=O) groups is 1. The smallest absolute Gasteiger partial charge is 0.335 e. The molecule has 0 atom stereocenters. The van der Waals surface area contributed by atoms with Crippen molar-refractivity contribution in [3.63, 3.8) is 0 Å². The molecule has 2 rings (SSSR count). The molecule has 2 aromatic rings. The minimum absolute atomic E-state index is 0.123. The Morgan fingerprint density at radius 3 is 2.32 bits per heavy atom. The van der Waals surface area contributed by atoms with Gasteiger partial charge in [-0.2, -0.15) is 0 Å². The van der Waals surface area contributed by atoms with E-state index in [0.29, 0.717) is 31.3 Å². The number of rotatable bonds is 8. The number of aromatic carboxylic acids is 1. The van der Waals surface area contributed by atoms with Gasteiger partial charge in [-0.1, -0.05) is 30.3 Å². The highest BCUT2D eigenvalue weighted by Gasteiger charge is 2.09. The van der Waals surface area contributed by atoms with E-state index in [0.717, 1.165) is 5.56 Å². The zero-order valence-corrected chi connectivity index (χ0v) is 12.3. The lowest BCUT2D eigenvalue weighted by molar-refractivity contribution is 0.0695. The molecule has 0 saturated heterocycles. The summed E-state index contributed by atoms with van der Waals surface area (Å²) in [5, 5.41) is 9.15. The number of hydrogen-bond acceptors (Lipinski definition) is 4. The maximum absolute atomic E-state index is 11.2. The van der Waals surface area contributed by atoms with Crippen LogP contribution in [-0.2, 0) is 11.3 Å². The Hall–Kier alpha value is -2.53. The van der Waals surface area contributed by atoms with Crippen molar-refractivity contribution >= 4 is 5.97 Å². The molecule has 0 saturated carbocycles. The van der Waals surface area contributed by atoms with Gasteiger partial charge in [0, 0.05) is 13.2 Å². The second-order valence-corrected chi connectivity index (χ2v) is 4.61. The molecular weight excluding hydrogens is 284 g/mol. The third-order valence-corrected chi connectivity index (χ3v) is 2.93. The molecule has 0 bridgehead atoms. The first-order valence-corrected chi connectivity index (χ1v) is 6.86. The average Bonchev–Trinajstić information content (AvgIpc) is 2.54. The van der Waals surface area contributed by atoms with Gasteiger partial charge < -0.3 is 19.3 Å². The zero-order valence-electron chi connectivity index (χ0n) is 12.3. The van der Waals surface area contributed by atoms with Crippen molar-refractivity contribution in [1.29, 1.82) is 0 Å². The lowest BCUT2D eigenvalue weighted by atomic mass is 10.2. The van der Waals surface area contributed by atoms with Crippen LogP contribution in [0.4, 0.5) is 0 Å². The minimum Gasteiger partial charge on any atom is -0.491 e. The molecule has 0 fully saturated rings. The van der Waals surface area contributed by atoms with E-state index in [1.54, 1.807) is 13.2 Å². The Labute approximate surface area is 129 Å². The normalized spacial score (nSPS) is 10.2. The fraction of sp³-hybridized carbons (Fsp3) is 0.235. The molecule has 0 spiro atoms. The highest BCUT2D eigenvalue weighted by Crippen LogP contribution is 2.24. The molecule has 0 aromatic heterocycles. The van der Waals surface area contributed by atoms with Crippen LogP contribution in [0, 0.1) is 0 Å². The van der Waals surface area contributed by atoms with Gasteiger partial charge in [0.05, 0.1) is 12.2 Å². The molecule has 2 aromatic carbocycles. The molecule has 1 N–H and O–H groups in total. The molecule has 0 radical (unpaired) electrons. The summed E-state index contributed by atoms with van der Waals surface area (Å²) in [4.78, 5) is 11.2. The molecule has 0 unspecified atom stereocenters. The molecule has 116 valence electrons. The average molecular weight is 302 g/mol. The van der Waals surface area contributed by atoms with Crippen molar-refractivity contribution in [2.75, 3.05) is 20.3 Å². The lowest BCUT2D eigenvalue weighted by Crippen LogP contribution is -2.06. The third-order valence-electron chi connectivity index (χ3n) is 2.93. The maximum atomic E-state index is 11.2. The lowest BCUT2D eigenvalue weighted by Gasteiger charge is -2.11. The summed E-state index contributed by atoms with van der Waals surface area (Å²) in [6, 6.07) is 14.3. The first-order valence-electron chi connectivity index (χ1n) is 6.86. The van der Waals surface area contributed by atoms with Gasteiger partial charge in [0.25, 0.3) is 0 Å². The summed E-state index contributed by atoms with van der Waals surface area (Å²) in [7, 11) is 1.57. The standard InChI is InChI=1S/C17H18O5/c1-20-7-8-21-15-9-14(17(18)19)10-16(11-15)22-12-13-5-3-2-4-6-13/h2-6,9-11H,7-8,12H2,1H3,(H,18,19). The van der Waals surface area contributed by atoms with E-state index in [9.17, 15) is 4.79 Å². The van der Waals surface area contributed by atoms with Crippen LogP contribution in [0.15, 0.2) is 48.5 Å². The fourth-order valence-corrected chi connectivity index (χ4v) is 1.85. The van der Waals surface area contributed by atoms with Gasteiger partial charge in [-0.3, -0.25) is 0 Å². The van der Waals surface area contributed by atoms with Crippen molar-refractivity contribution < 1.29 is 24.1 Å². The monoisotopic (exact) mass is 302 g/mol. The number of methoxy groups -OCH3 is 1. The topological polar surface area (TPSA) is 65.0 Å². The second-order valence-electron chi connectivity index (χ2n) is 4.61. The number of hydrogen-bond donors (Lipinski definition) is 1. The molecule has 0 aliphatic rings. The van der Waals surface area contributed by atoms with Gasteiger partial charge in [-0.15, -0.1) is 0 Å². The Balaban J connectivity index is 2.09.